The molecule has 1 rings (SSSR count). The van der Waals surface area contributed by atoms with Crippen LogP contribution in [0.5, 0.6) is 0 Å². The van der Waals surface area contributed by atoms with E-state index in [1.165, 1.54) is 6.92 Å². The Labute approximate surface area is 135 Å². The average Bonchev–Trinajstić information content (AvgIpc) is 2.65. The topological polar surface area (TPSA) is 96.2 Å². The van der Waals surface area contributed by atoms with Crippen LogP contribution in [0.4, 0.5) is 0 Å². The Hall–Kier alpha value is 0.575. The predicted molar refractivity (Wildman–Crippen MR) is 83.7 cm³/mol. The highest BCUT2D eigenvalue weighted by atomic mass is 79.9. The van der Waals surface area contributed by atoms with Crippen molar-refractivity contribution in [2.45, 2.75) is 74.5 Å². The fourth-order valence-corrected chi connectivity index (χ4v) is 3.86. The minimum Gasteiger partial charge on any atom is -0.389 e. The van der Waals surface area contributed by atoms with E-state index in [9.17, 15) is 19.7 Å². The van der Waals surface area contributed by atoms with Crippen LogP contribution < -0.4 is 0 Å². The number of hydrogen-bond acceptors (Lipinski definition) is 5. The third-order valence-corrected chi connectivity index (χ3v) is 6.67. The number of alkyl halides is 1. The summed E-state index contributed by atoms with van der Waals surface area (Å²) >= 11 is 3.26. The number of ether oxygens (including phenoxy) is 1. The maximum absolute atomic E-state index is 12.0. The van der Waals surface area contributed by atoms with Crippen LogP contribution in [0.1, 0.15) is 40.0 Å². The highest BCUT2D eigenvalue weighted by Gasteiger charge is 2.46. The van der Waals surface area contributed by atoms with E-state index in [1.807, 2.05) is 13.8 Å². The molecule has 1 aliphatic rings. The lowest BCUT2D eigenvalue weighted by Crippen LogP contribution is -2.39. The standard InChI is InChI=1S/C12H23BBrO6P/c1-4-12(5-2,20-21(17,18)7(3)15)6-8-10(16)9(14)11(13)19-8/h7-11,15-16H,4-6H2,1-3H3,(H,17,18)/t7?,8-,9-,10-,11-/m1/s1. The summed E-state index contributed by atoms with van der Waals surface area (Å²) in [6.45, 7) is 4.85. The summed E-state index contributed by atoms with van der Waals surface area (Å²) in [5.41, 5.74) is -0.969. The maximum Gasteiger partial charge on any atom is 0.356 e. The molecule has 0 bridgehead atoms. The molecule has 0 aromatic heterocycles. The Morgan fingerprint density at radius 2 is 2.00 bits per heavy atom. The molecule has 6 atom stereocenters. The molecule has 1 fully saturated rings. The predicted octanol–water partition coefficient (Wildman–Crippen LogP) is 1.49. The van der Waals surface area contributed by atoms with Crippen molar-refractivity contribution in [3.8, 4) is 0 Å². The zero-order valence-corrected chi connectivity index (χ0v) is 15.0. The minimum atomic E-state index is -4.15. The number of hydrogen-bond donors (Lipinski definition) is 3. The first-order chi connectivity index (χ1) is 9.58. The molecular weight excluding hydrogens is 362 g/mol. The molecule has 0 saturated carbocycles. The Balaban J connectivity index is 2.89. The summed E-state index contributed by atoms with van der Waals surface area (Å²) in [4.78, 5) is 9.38. The molecule has 1 saturated heterocycles. The van der Waals surface area contributed by atoms with Crippen LogP contribution in [0.2, 0.25) is 0 Å². The molecule has 2 unspecified atom stereocenters. The van der Waals surface area contributed by atoms with Crippen LogP contribution in [0.25, 0.3) is 0 Å². The molecule has 0 aromatic carbocycles. The van der Waals surface area contributed by atoms with Gasteiger partial charge in [-0.3, -0.25) is 4.57 Å². The second-order valence-corrected chi connectivity index (χ2v) is 8.57. The lowest BCUT2D eigenvalue weighted by Gasteiger charge is -2.36. The molecule has 21 heavy (non-hydrogen) atoms. The third-order valence-electron chi connectivity index (χ3n) is 4.01. The van der Waals surface area contributed by atoms with Crippen molar-refractivity contribution in [2.75, 3.05) is 0 Å². The highest BCUT2D eigenvalue weighted by Crippen LogP contribution is 2.52. The minimum absolute atomic E-state index is 0.217. The summed E-state index contributed by atoms with van der Waals surface area (Å²) in [5, 5.41) is 19.5. The first kappa shape index (κ1) is 19.6. The van der Waals surface area contributed by atoms with Gasteiger partial charge in [-0.25, -0.2) is 0 Å². The van der Waals surface area contributed by atoms with Gasteiger partial charge in [0.1, 0.15) is 7.85 Å². The third kappa shape index (κ3) is 4.53. The van der Waals surface area contributed by atoms with Gasteiger partial charge in [-0.05, 0) is 19.8 Å². The second kappa shape index (κ2) is 7.43. The number of aliphatic hydroxyl groups excluding tert-OH is 2. The Kier molecular flexibility index (Phi) is 6.94. The van der Waals surface area contributed by atoms with Crippen molar-refractivity contribution in [3.63, 3.8) is 0 Å². The molecule has 6 nitrogen and oxygen atoms in total. The van der Waals surface area contributed by atoms with E-state index < -0.39 is 42.1 Å². The molecular formula is C12H23BBrO6P. The van der Waals surface area contributed by atoms with Crippen LogP contribution in [0.15, 0.2) is 0 Å². The van der Waals surface area contributed by atoms with E-state index >= 15 is 0 Å². The van der Waals surface area contributed by atoms with Gasteiger partial charge in [0.25, 0.3) is 0 Å². The van der Waals surface area contributed by atoms with Crippen LogP contribution >= 0.6 is 23.5 Å². The molecule has 0 aliphatic carbocycles. The summed E-state index contributed by atoms with van der Waals surface area (Å²) in [6.07, 6.45) is -0.330. The highest BCUT2D eigenvalue weighted by molar-refractivity contribution is 9.09. The normalized spacial score (nSPS) is 34.6. The van der Waals surface area contributed by atoms with Gasteiger partial charge in [-0.1, -0.05) is 29.8 Å². The smallest absolute Gasteiger partial charge is 0.356 e. The molecule has 0 amide bonds. The van der Waals surface area contributed by atoms with Crippen molar-refractivity contribution in [1.29, 1.82) is 0 Å². The Morgan fingerprint density at radius 1 is 1.48 bits per heavy atom. The van der Waals surface area contributed by atoms with Crippen LogP contribution in [0, 0.1) is 0 Å². The fourth-order valence-electron chi connectivity index (χ4n) is 2.35. The first-order valence-corrected chi connectivity index (χ1v) is 9.59. The molecule has 0 aromatic rings. The summed E-state index contributed by atoms with van der Waals surface area (Å²) in [5.74, 6) is -1.48. The summed E-state index contributed by atoms with van der Waals surface area (Å²) < 4.78 is 22.8. The molecule has 1 aliphatic heterocycles. The summed E-state index contributed by atoms with van der Waals surface area (Å²) in [7, 11) is 1.57. The molecule has 0 spiro atoms. The number of aliphatic hydroxyl groups is 2. The molecule has 9 heteroatoms. The molecule has 1 heterocycles. The van der Waals surface area contributed by atoms with Gasteiger partial charge in [0, 0.05) is 12.4 Å². The van der Waals surface area contributed by atoms with Gasteiger partial charge >= 0.3 is 7.60 Å². The van der Waals surface area contributed by atoms with E-state index in [2.05, 4.69) is 15.9 Å². The van der Waals surface area contributed by atoms with Gasteiger partial charge in [0.05, 0.1) is 22.6 Å². The lowest BCUT2D eigenvalue weighted by atomic mass is 9.88. The van der Waals surface area contributed by atoms with Crippen LogP contribution in [-0.2, 0) is 13.8 Å². The SMILES string of the molecule is [B][C@@H]1O[C@H](CC(CC)(CC)OP(=O)(O)C(C)O)[C@@H](O)[C@H]1Br. The van der Waals surface area contributed by atoms with Crippen LogP contribution in [-0.4, -0.2) is 57.4 Å². The largest absolute Gasteiger partial charge is 0.389 e. The van der Waals surface area contributed by atoms with Gasteiger partial charge in [0.2, 0.25) is 0 Å². The number of halogens is 1. The second-order valence-electron chi connectivity index (χ2n) is 5.46. The Bertz CT molecular complexity index is 392. The zero-order valence-electron chi connectivity index (χ0n) is 12.5. The van der Waals surface area contributed by atoms with Crippen molar-refractivity contribution >= 4 is 31.4 Å². The summed E-state index contributed by atoms with van der Waals surface area (Å²) in [6, 6.07) is -0.644. The molecule has 3 N–H and O–H groups in total. The van der Waals surface area contributed by atoms with E-state index in [-0.39, 0.29) is 6.42 Å². The van der Waals surface area contributed by atoms with Crippen LogP contribution in [0.3, 0.4) is 0 Å². The van der Waals surface area contributed by atoms with Crippen molar-refractivity contribution in [3.05, 3.63) is 0 Å². The van der Waals surface area contributed by atoms with E-state index in [0.29, 0.717) is 12.8 Å². The Morgan fingerprint density at radius 3 is 2.33 bits per heavy atom. The monoisotopic (exact) mass is 384 g/mol. The van der Waals surface area contributed by atoms with Crippen molar-refractivity contribution < 1.29 is 28.9 Å². The molecule has 122 valence electrons. The van der Waals surface area contributed by atoms with Gasteiger partial charge in [-0.2, -0.15) is 0 Å². The van der Waals surface area contributed by atoms with Gasteiger partial charge in [-0.15, -0.1) is 0 Å². The average molecular weight is 385 g/mol. The van der Waals surface area contributed by atoms with Crippen molar-refractivity contribution in [1.82, 2.24) is 0 Å². The van der Waals surface area contributed by atoms with Crippen molar-refractivity contribution in [2.24, 2.45) is 0 Å². The van der Waals surface area contributed by atoms with E-state index in [1.54, 1.807) is 0 Å². The van der Waals surface area contributed by atoms with E-state index in [4.69, 9.17) is 17.1 Å². The quantitative estimate of drug-likeness (QED) is 0.349. The lowest BCUT2D eigenvalue weighted by molar-refractivity contribution is -0.0472. The first-order valence-electron chi connectivity index (χ1n) is 7.03. The van der Waals surface area contributed by atoms with Gasteiger partial charge < -0.3 is 24.4 Å². The fraction of sp³-hybridized carbons (Fsp3) is 1.00. The number of rotatable bonds is 7. The zero-order chi connectivity index (χ0) is 16.4. The van der Waals surface area contributed by atoms with E-state index in [0.717, 1.165) is 0 Å². The maximum atomic E-state index is 12.0. The van der Waals surface area contributed by atoms with Gasteiger partial charge in [0.15, 0.2) is 5.85 Å². The molecule has 2 radical (unpaired) electrons.